The topological polar surface area (TPSA) is 120 Å². The normalized spacial score (nSPS) is 21.4. The van der Waals surface area contributed by atoms with Crippen molar-refractivity contribution < 1.29 is 34.7 Å². The van der Waals surface area contributed by atoms with Gasteiger partial charge in [0.25, 0.3) is 0 Å². The first-order valence-electron chi connectivity index (χ1n) is 10.7. The van der Waals surface area contributed by atoms with E-state index < -0.39 is 29.2 Å². The zero-order valence-electron chi connectivity index (χ0n) is 18.2. The van der Waals surface area contributed by atoms with Gasteiger partial charge in [-0.15, -0.1) is 0 Å². The highest BCUT2D eigenvalue weighted by atomic mass is 16.5. The molecule has 1 fully saturated rings. The second-order valence-corrected chi connectivity index (χ2v) is 8.60. The molecule has 0 aromatic heterocycles. The second kappa shape index (κ2) is 8.46. The summed E-state index contributed by atoms with van der Waals surface area (Å²) in [6.45, 7) is 1.94. The highest BCUT2D eigenvalue weighted by molar-refractivity contribution is 6.04. The molecule has 172 valence electrons. The molecule has 0 spiro atoms. The monoisotopic (exact) mass is 443 g/mol. The number of fused-ring (bicyclic) bond motifs is 1. The van der Waals surface area contributed by atoms with Crippen molar-refractivity contribution >= 4 is 5.78 Å². The van der Waals surface area contributed by atoms with Gasteiger partial charge in [-0.1, -0.05) is 30.3 Å². The van der Waals surface area contributed by atoms with Crippen molar-refractivity contribution in [3.05, 3.63) is 59.2 Å². The van der Waals surface area contributed by atoms with Crippen LogP contribution in [0.25, 0.3) is 0 Å². The van der Waals surface area contributed by atoms with Crippen LogP contribution in [0.4, 0.5) is 0 Å². The van der Waals surface area contributed by atoms with E-state index in [1.54, 1.807) is 0 Å². The van der Waals surface area contributed by atoms with E-state index in [0.717, 1.165) is 6.54 Å². The first kappa shape index (κ1) is 22.7. The maximum Gasteiger partial charge on any atom is 0.206 e. The van der Waals surface area contributed by atoms with E-state index >= 15 is 0 Å². The number of rotatable bonds is 6. The third-order valence-electron chi connectivity index (χ3n) is 6.71. The summed E-state index contributed by atoms with van der Waals surface area (Å²) in [7, 11) is 2.79. The molecule has 0 amide bonds. The van der Waals surface area contributed by atoms with E-state index in [-0.39, 0.29) is 22.6 Å². The number of hydrogen-bond acceptors (Lipinski definition) is 8. The van der Waals surface area contributed by atoms with Crippen LogP contribution in [-0.4, -0.2) is 64.2 Å². The zero-order valence-corrected chi connectivity index (χ0v) is 18.2. The Bertz CT molecular complexity index is 981. The quantitative estimate of drug-likeness (QED) is 0.493. The molecule has 1 saturated heterocycles. The van der Waals surface area contributed by atoms with Gasteiger partial charge in [-0.25, -0.2) is 0 Å². The lowest BCUT2D eigenvalue weighted by Gasteiger charge is -2.43. The van der Waals surface area contributed by atoms with Gasteiger partial charge < -0.3 is 29.9 Å². The number of benzene rings is 2. The molecule has 4 rings (SSSR count). The van der Waals surface area contributed by atoms with Crippen molar-refractivity contribution in [1.82, 2.24) is 4.90 Å². The number of nitrogens with zero attached hydrogens (tertiary/aromatic N) is 1. The molecule has 1 heterocycles. The molecule has 4 N–H and O–H groups in total. The fourth-order valence-electron chi connectivity index (χ4n) is 4.96. The van der Waals surface area contributed by atoms with E-state index in [4.69, 9.17) is 9.47 Å². The maximum absolute atomic E-state index is 13.1. The average molecular weight is 443 g/mol. The number of piperidine rings is 1. The smallest absolute Gasteiger partial charge is 0.206 e. The summed E-state index contributed by atoms with van der Waals surface area (Å²) in [5.74, 6) is -8.18. The molecular formula is C24H29NO7. The Kier molecular flexibility index (Phi) is 6.00. The molecular weight excluding hydrogens is 414 g/mol. The minimum atomic E-state index is -2.75. The minimum absolute atomic E-state index is 0.0216. The van der Waals surface area contributed by atoms with E-state index in [1.165, 1.54) is 31.9 Å². The molecule has 8 heteroatoms. The fourth-order valence-corrected chi connectivity index (χ4v) is 4.96. The molecule has 0 saturated carbocycles. The lowest BCUT2D eigenvalue weighted by Crippen LogP contribution is -2.56. The number of aliphatic hydroxyl groups is 4. The van der Waals surface area contributed by atoms with Gasteiger partial charge in [-0.05, 0) is 43.6 Å². The van der Waals surface area contributed by atoms with Crippen molar-refractivity contribution in [1.29, 1.82) is 0 Å². The molecule has 32 heavy (non-hydrogen) atoms. The van der Waals surface area contributed by atoms with Gasteiger partial charge >= 0.3 is 0 Å². The average Bonchev–Trinajstić information content (AvgIpc) is 2.98. The summed E-state index contributed by atoms with van der Waals surface area (Å²) in [5, 5.41) is 43.9. The standard InChI is InChI=1S/C24H29NO7/c1-31-19-12-17-18(13-20(19)32-2)24(29,30)22(21(17)26)23(27,28)16-8-10-25(11-9-16)14-15-6-4-3-5-7-15/h3-7,12-13,16,22,27-30H,8-11,14H2,1-2H3. The first-order valence-corrected chi connectivity index (χ1v) is 10.7. The van der Waals surface area contributed by atoms with Crippen LogP contribution in [-0.2, 0) is 12.3 Å². The van der Waals surface area contributed by atoms with Gasteiger partial charge in [0.2, 0.25) is 5.79 Å². The van der Waals surface area contributed by atoms with Crippen LogP contribution in [0.1, 0.15) is 34.3 Å². The van der Waals surface area contributed by atoms with Crippen LogP contribution >= 0.6 is 0 Å². The third kappa shape index (κ3) is 3.78. The number of ketones is 1. The molecule has 2 aliphatic rings. The third-order valence-corrected chi connectivity index (χ3v) is 6.71. The van der Waals surface area contributed by atoms with Gasteiger partial charge in [0.15, 0.2) is 23.1 Å². The number of likely N-dealkylation sites (tertiary alicyclic amines) is 1. The molecule has 0 bridgehead atoms. The van der Waals surface area contributed by atoms with E-state index in [0.29, 0.717) is 25.9 Å². The van der Waals surface area contributed by atoms with Crippen molar-refractivity contribution in [2.24, 2.45) is 11.8 Å². The highest BCUT2D eigenvalue weighted by Crippen LogP contribution is 2.50. The fraction of sp³-hybridized carbons (Fsp3) is 0.458. The van der Waals surface area contributed by atoms with Gasteiger partial charge in [0, 0.05) is 23.6 Å². The van der Waals surface area contributed by atoms with Crippen LogP contribution in [0, 0.1) is 11.8 Å². The summed E-state index contributed by atoms with van der Waals surface area (Å²) in [5.41, 5.74) is 1.02. The van der Waals surface area contributed by atoms with Crippen molar-refractivity contribution in [3.63, 3.8) is 0 Å². The number of carbonyl (C=O) groups is 1. The number of hydrogen-bond donors (Lipinski definition) is 4. The molecule has 2 aromatic rings. The molecule has 1 aliphatic heterocycles. The Morgan fingerprint density at radius 3 is 2.22 bits per heavy atom. The predicted molar refractivity (Wildman–Crippen MR) is 115 cm³/mol. The lowest BCUT2D eigenvalue weighted by molar-refractivity contribution is -0.309. The number of ether oxygens (including phenoxy) is 2. The second-order valence-electron chi connectivity index (χ2n) is 8.60. The predicted octanol–water partition coefficient (Wildman–Crippen LogP) is 1.25. The lowest BCUT2D eigenvalue weighted by atomic mass is 9.77. The van der Waals surface area contributed by atoms with Gasteiger partial charge in [0.1, 0.15) is 5.92 Å². The van der Waals surface area contributed by atoms with Gasteiger partial charge in [-0.2, -0.15) is 0 Å². The van der Waals surface area contributed by atoms with E-state index in [2.05, 4.69) is 4.90 Å². The number of Topliss-reactive ketones (excluding diaryl/α,β-unsaturated/α-hetero) is 1. The maximum atomic E-state index is 13.1. The molecule has 1 unspecified atom stereocenters. The first-order chi connectivity index (χ1) is 15.2. The summed E-state index contributed by atoms with van der Waals surface area (Å²) < 4.78 is 10.4. The van der Waals surface area contributed by atoms with Crippen LogP contribution in [0.5, 0.6) is 11.5 Å². The highest BCUT2D eigenvalue weighted by Gasteiger charge is 2.62. The zero-order chi connectivity index (χ0) is 23.1. The number of methoxy groups -OCH3 is 2. The molecule has 2 aromatic carbocycles. The molecule has 8 nitrogen and oxygen atoms in total. The van der Waals surface area contributed by atoms with Crippen molar-refractivity contribution in [3.8, 4) is 11.5 Å². The molecule has 1 atom stereocenters. The van der Waals surface area contributed by atoms with Crippen LogP contribution in [0.2, 0.25) is 0 Å². The number of carbonyl (C=O) groups excluding carboxylic acids is 1. The minimum Gasteiger partial charge on any atom is -0.493 e. The Morgan fingerprint density at radius 1 is 1.03 bits per heavy atom. The Morgan fingerprint density at radius 2 is 1.62 bits per heavy atom. The molecule has 1 aliphatic carbocycles. The molecule has 0 radical (unpaired) electrons. The van der Waals surface area contributed by atoms with Crippen LogP contribution in [0.3, 0.4) is 0 Å². The summed E-state index contributed by atoms with van der Waals surface area (Å²) >= 11 is 0. The summed E-state index contributed by atoms with van der Waals surface area (Å²) in [6, 6.07) is 12.6. The van der Waals surface area contributed by atoms with Gasteiger partial charge in [0.05, 0.1) is 14.2 Å². The van der Waals surface area contributed by atoms with Gasteiger partial charge in [-0.3, -0.25) is 9.69 Å². The Balaban J connectivity index is 1.54. The summed E-state index contributed by atoms with van der Waals surface area (Å²) in [6.07, 6.45) is 0.811. The Hall–Kier alpha value is -2.49. The summed E-state index contributed by atoms with van der Waals surface area (Å²) in [4.78, 5) is 15.3. The van der Waals surface area contributed by atoms with Crippen LogP contribution in [0.15, 0.2) is 42.5 Å². The largest absolute Gasteiger partial charge is 0.493 e. The Labute approximate surface area is 186 Å². The van der Waals surface area contributed by atoms with E-state index in [9.17, 15) is 25.2 Å². The van der Waals surface area contributed by atoms with Crippen molar-refractivity contribution in [2.45, 2.75) is 31.0 Å². The van der Waals surface area contributed by atoms with Crippen LogP contribution < -0.4 is 9.47 Å². The van der Waals surface area contributed by atoms with E-state index in [1.807, 2.05) is 30.3 Å². The van der Waals surface area contributed by atoms with Crippen molar-refractivity contribution in [2.75, 3.05) is 27.3 Å². The SMILES string of the molecule is COc1cc2c(cc1OC)C(O)(O)C(C(O)(O)C1CCN(Cc3ccccc3)CC1)C2=O.